The van der Waals surface area contributed by atoms with Crippen molar-refractivity contribution in [3.05, 3.63) is 35.8 Å². The van der Waals surface area contributed by atoms with Crippen molar-refractivity contribution < 1.29 is 9.18 Å². The van der Waals surface area contributed by atoms with E-state index in [4.69, 9.17) is 0 Å². The molecule has 1 saturated heterocycles. The number of benzene rings is 1. The van der Waals surface area contributed by atoms with Gasteiger partial charge in [-0.2, -0.15) is 0 Å². The Morgan fingerprint density at radius 1 is 1.26 bits per heavy atom. The van der Waals surface area contributed by atoms with Crippen LogP contribution in [-0.4, -0.2) is 55.0 Å². The number of carbonyl (C=O) groups is 1. The molecule has 0 saturated carbocycles. The number of halogens is 2. The molecule has 0 spiro atoms. The number of hydrogen-bond donors (Lipinski definition) is 3. The maximum absolute atomic E-state index is 13.2. The van der Waals surface area contributed by atoms with E-state index in [2.05, 4.69) is 20.6 Å². The van der Waals surface area contributed by atoms with Crippen LogP contribution in [0.25, 0.3) is 10.9 Å². The van der Waals surface area contributed by atoms with Crippen molar-refractivity contribution in [3.63, 3.8) is 0 Å². The fourth-order valence-corrected chi connectivity index (χ4v) is 3.32. The Morgan fingerprint density at radius 3 is 2.78 bits per heavy atom. The number of aromatic amines is 1. The van der Waals surface area contributed by atoms with E-state index in [0.717, 1.165) is 48.8 Å². The summed E-state index contributed by atoms with van der Waals surface area (Å²) in [5.41, 5.74) is 1.92. The van der Waals surface area contributed by atoms with Crippen LogP contribution in [-0.2, 0) is 11.2 Å². The lowest BCUT2D eigenvalue weighted by Crippen LogP contribution is -2.46. The largest absolute Gasteiger partial charge is 0.361 e. The summed E-state index contributed by atoms with van der Waals surface area (Å²) in [5.74, 6) is 0.486. The average molecular weight is 487 g/mol. The molecule has 8 heteroatoms. The van der Waals surface area contributed by atoms with Gasteiger partial charge in [-0.15, -0.1) is 24.0 Å². The number of piperidine rings is 1. The molecule has 0 aliphatic carbocycles. The van der Waals surface area contributed by atoms with Gasteiger partial charge in [-0.3, -0.25) is 9.79 Å². The Bertz CT molecular complexity index is 785. The number of rotatable bonds is 5. The standard InChI is InChI=1S/C19H26FN5O.HI/c1-21-19(24-13-18(26)25-9-3-2-4-10-25)22-8-7-14-12-23-17-11-15(20)5-6-16(14)17;/h5-6,11-12,23H,2-4,7-10,13H2,1H3,(H2,21,22,24);1H. The third-order valence-corrected chi connectivity index (χ3v) is 4.76. The summed E-state index contributed by atoms with van der Waals surface area (Å²) in [4.78, 5) is 21.4. The lowest BCUT2D eigenvalue weighted by Gasteiger charge is -2.27. The van der Waals surface area contributed by atoms with Crippen LogP contribution >= 0.6 is 24.0 Å². The number of aromatic nitrogens is 1. The molecule has 1 fully saturated rings. The molecule has 27 heavy (non-hydrogen) atoms. The van der Waals surface area contributed by atoms with Crippen LogP contribution in [0.3, 0.4) is 0 Å². The van der Waals surface area contributed by atoms with Crippen molar-refractivity contribution in [3.8, 4) is 0 Å². The molecule has 0 radical (unpaired) electrons. The van der Waals surface area contributed by atoms with Crippen molar-refractivity contribution >= 4 is 46.7 Å². The minimum absolute atomic E-state index is 0. The fourth-order valence-electron chi connectivity index (χ4n) is 3.32. The Balaban J connectivity index is 0.00000261. The van der Waals surface area contributed by atoms with E-state index in [1.165, 1.54) is 18.6 Å². The third kappa shape index (κ3) is 5.82. The van der Waals surface area contributed by atoms with E-state index in [1.54, 1.807) is 13.1 Å². The summed E-state index contributed by atoms with van der Waals surface area (Å²) in [5, 5.41) is 7.33. The van der Waals surface area contributed by atoms with Gasteiger partial charge in [-0.25, -0.2) is 4.39 Å². The van der Waals surface area contributed by atoms with Gasteiger partial charge >= 0.3 is 0 Å². The number of H-pyrrole nitrogens is 1. The van der Waals surface area contributed by atoms with Crippen LogP contribution in [0.5, 0.6) is 0 Å². The van der Waals surface area contributed by atoms with Gasteiger partial charge in [-0.1, -0.05) is 0 Å². The molecule has 1 amide bonds. The summed E-state index contributed by atoms with van der Waals surface area (Å²) in [6.45, 7) is 2.63. The fraction of sp³-hybridized carbons (Fsp3) is 0.474. The molecule has 1 aromatic heterocycles. The topological polar surface area (TPSA) is 72.5 Å². The highest BCUT2D eigenvalue weighted by atomic mass is 127. The van der Waals surface area contributed by atoms with Crippen molar-refractivity contribution in [2.24, 2.45) is 4.99 Å². The molecule has 6 nitrogen and oxygen atoms in total. The zero-order valence-corrected chi connectivity index (χ0v) is 17.9. The summed E-state index contributed by atoms with van der Waals surface area (Å²) < 4.78 is 13.2. The van der Waals surface area contributed by atoms with E-state index in [0.29, 0.717) is 12.5 Å². The molecule has 3 rings (SSSR count). The molecule has 1 aromatic carbocycles. The van der Waals surface area contributed by atoms with Crippen molar-refractivity contribution in [1.82, 2.24) is 20.5 Å². The number of amides is 1. The average Bonchev–Trinajstić information content (AvgIpc) is 3.07. The van der Waals surface area contributed by atoms with Crippen LogP contribution in [0.15, 0.2) is 29.4 Å². The number of guanidine groups is 1. The van der Waals surface area contributed by atoms with Crippen LogP contribution in [0.1, 0.15) is 24.8 Å². The molecule has 0 bridgehead atoms. The number of carbonyl (C=O) groups excluding carboxylic acids is 1. The van der Waals surface area contributed by atoms with Crippen LogP contribution in [0.2, 0.25) is 0 Å². The Morgan fingerprint density at radius 2 is 2.04 bits per heavy atom. The van der Waals surface area contributed by atoms with E-state index < -0.39 is 0 Å². The molecule has 2 aromatic rings. The van der Waals surface area contributed by atoms with E-state index >= 15 is 0 Å². The first-order valence-corrected chi connectivity index (χ1v) is 9.15. The maximum atomic E-state index is 13.2. The van der Waals surface area contributed by atoms with Gasteiger partial charge in [0.05, 0.1) is 6.54 Å². The number of nitrogens with zero attached hydrogens (tertiary/aromatic N) is 2. The van der Waals surface area contributed by atoms with Gasteiger partial charge < -0.3 is 20.5 Å². The second-order valence-corrected chi connectivity index (χ2v) is 6.55. The summed E-state index contributed by atoms with van der Waals surface area (Å²) in [6.07, 6.45) is 6.07. The number of likely N-dealkylation sites (tertiary alicyclic amines) is 1. The number of nitrogens with one attached hydrogen (secondary N) is 3. The van der Waals surface area contributed by atoms with Gasteiger partial charge in [0.1, 0.15) is 5.82 Å². The summed E-state index contributed by atoms with van der Waals surface area (Å²) >= 11 is 0. The zero-order chi connectivity index (χ0) is 18.4. The maximum Gasteiger partial charge on any atom is 0.241 e. The normalized spacial score (nSPS) is 14.7. The highest BCUT2D eigenvalue weighted by Gasteiger charge is 2.16. The second-order valence-electron chi connectivity index (χ2n) is 6.55. The molecule has 148 valence electrons. The third-order valence-electron chi connectivity index (χ3n) is 4.76. The van der Waals surface area contributed by atoms with E-state index in [1.807, 2.05) is 11.1 Å². The number of fused-ring (bicyclic) bond motifs is 1. The molecule has 1 aliphatic heterocycles. The van der Waals surface area contributed by atoms with Gasteiger partial charge in [0.15, 0.2) is 5.96 Å². The summed E-state index contributed by atoms with van der Waals surface area (Å²) in [6, 6.07) is 4.76. The van der Waals surface area contributed by atoms with Crippen LogP contribution < -0.4 is 10.6 Å². The molecule has 3 N–H and O–H groups in total. The van der Waals surface area contributed by atoms with Crippen LogP contribution in [0, 0.1) is 5.82 Å². The number of aliphatic imine (C=N–C) groups is 1. The van der Waals surface area contributed by atoms with Crippen molar-refractivity contribution in [2.45, 2.75) is 25.7 Å². The minimum atomic E-state index is -0.244. The molecule has 0 atom stereocenters. The van der Waals surface area contributed by atoms with Gasteiger partial charge in [0.25, 0.3) is 0 Å². The highest BCUT2D eigenvalue weighted by molar-refractivity contribution is 14.0. The lowest BCUT2D eigenvalue weighted by molar-refractivity contribution is -0.130. The second kappa shape index (κ2) is 10.5. The molecule has 2 heterocycles. The first-order chi connectivity index (χ1) is 12.7. The lowest BCUT2D eigenvalue weighted by atomic mass is 10.1. The molecule has 0 unspecified atom stereocenters. The summed E-state index contributed by atoms with van der Waals surface area (Å²) in [7, 11) is 1.69. The van der Waals surface area contributed by atoms with E-state index in [9.17, 15) is 9.18 Å². The van der Waals surface area contributed by atoms with Crippen LogP contribution in [0.4, 0.5) is 4.39 Å². The Hall–Kier alpha value is -1.84. The van der Waals surface area contributed by atoms with Gasteiger partial charge in [0.2, 0.25) is 5.91 Å². The van der Waals surface area contributed by atoms with Gasteiger partial charge in [-0.05, 0) is 49.4 Å². The Labute approximate surface area is 176 Å². The predicted molar refractivity (Wildman–Crippen MR) is 117 cm³/mol. The number of hydrogen-bond acceptors (Lipinski definition) is 2. The van der Waals surface area contributed by atoms with E-state index in [-0.39, 0.29) is 42.2 Å². The molecular formula is C19H27FIN5O. The quantitative estimate of drug-likeness (QED) is 0.345. The molecular weight excluding hydrogens is 460 g/mol. The van der Waals surface area contributed by atoms with Gasteiger partial charge in [0, 0.05) is 43.8 Å². The first kappa shape index (κ1) is 21.5. The Kier molecular flexibility index (Phi) is 8.33. The van der Waals surface area contributed by atoms with Crippen molar-refractivity contribution in [2.75, 3.05) is 33.2 Å². The van der Waals surface area contributed by atoms with Crippen molar-refractivity contribution in [1.29, 1.82) is 0 Å². The molecule has 1 aliphatic rings. The smallest absolute Gasteiger partial charge is 0.241 e. The highest BCUT2D eigenvalue weighted by Crippen LogP contribution is 2.19. The minimum Gasteiger partial charge on any atom is -0.361 e. The predicted octanol–water partition coefficient (Wildman–Crippen LogP) is 2.65. The monoisotopic (exact) mass is 487 g/mol. The first-order valence-electron chi connectivity index (χ1n) is 9.15. The SMILES string of the molecule is CN=C(NCCc1c[nH]c2cc(F)ccc12)NCC(=O)N1CCCCC1.I. The zero-order valence-electron chi connectivity index (χ0n) is 15.6.